The molecule has 82 valence electrons. The van der Waals surface area contributed by atoms with Gasteiger partial charge in [-0.3, -0.25) is 0 Å². The van der Waals surface area contributed by atoms with Crippen molar-refractivity contribution in [3.63, 3.8) is 0 Å². The van der Waals surface area contributed by atoms with Crippen LogP contribution in [0.1, 0.15) is 53.4 Å². The minimum absolute atomic E-state index is 0.209. The standard InChI is InChI=1S/C13H24O/c1-5-9-11(6-2)13(8-4)12(7-3)10-14/h9,14H,5-8,10H2,1-4H3/b11-9+,13-12-. The summed E-state index contributed by atoms with van der Waals surface area (Å²) in [7, 11) is 0. The monoisotopic (exact) mass is 196 g/mol. The zero-order valence-electron chi connectivity index (χ0n) is 10.1. The van der Waals surface area contributed by atoms with Crippen molar-refractivity contribution in [2.75, 3.05) is 6.61 Å². The van der Waals surface area contributed by atoms with Crippen LogP contribution in [0.25, 0.3) is 0 Å². The molecular formula is C13H24O. The molecule has 0 saturated heterocycles. The van der Waals surface area contributed by atoms with Crippen molar-refractivity contribution in [1.82, 2.24) is 0 Å². The molecule has 0 bridgehead atoms. The molecule has 14 heavy (non-hydrogen) atoms. The molecule has 0 aromatic carbocycles. The molecule has 0 aromatic rings. The predicted molar refractivity (Wildman–Crippen MR) is 63.4 cm³/mol. The Kier molecular flexibility index (Phi) is 7.50. The van der Waals surface area contributed by atoms with Crippen molar-refractivity contribution in [3.8, 4) is 0 Å². The summed E-state index contributed by atoms with van der Waals surface area (Å²) in [6, 6.07) is 0. The van der Waals surface area contributed by atoms with Crippen LogP contribution in [0.2, 0.25) is 0 Å². The summed E-state index contributed by atoms with van der Waals surface area (Å²) in [6.07, 6.45) is 6.42. The second-order valence-electron chi connectivity index (χ2n) is 3.44. The van der Waals surface area contributed by atoms with E-state index in [0.717, 1.165) is 25.7 Å². The normalized spacial score (nSPS) is 14.2. The van der Waals surface area contributed by atoms with Crippen LogP contribution in [0, 0.1) is 0 Å². The fourth-order valence-electron chi connectivity index (χ4n) is 1.85. The van der Waals surface area contributed by atoms with Crippen molar-refractivity contribution in [2.45, 2.75) is 53.4 Å². The Morgan fingerprint density at radius 2 is 1.64 bits per heavy atom. The first-order valence-corrected chi connectivity index (χ1v) is 5.76. The van der Waals surface area contributed by atoms with Crippen LogP contribution in [0.15, 0.2) is 22.8 Å². The third kappa shape index (κ3) is 3.67. The smallest absolute Gasteiger partial charge is 0.0647 e. The van der Waals surface area contributed by atoms with E-state index in [9.17, 15) is 5.11 Å². The molecule has 0 heterocycles. The first kappa shape index (κ1) is 13.4. The van der Waals surface area contributed by atoms with Gasteiger partial charge in [0.1, 0.15) is 0 Å². The van der Waals surface area contributed by atoms with Gasteiger partial charge in [0.05, 0.1) is 6.61 Å². The molecule has 0 fully saturated rings. The van der Waals surface area contributed by atoms with Crippen molar-refractivity contribution >= 4 is 0 Å². The number of allylic oxidation sites excluding steroid dienone is 3. The molecule has 0 saturated carbocycles. The molecule has 0 atom stereocenters. The van der Waals surface area contributed by atoms with Crippen molar-refractivity contribution < 1.29 is 5.11 Å². The average Bonchev–Trinajstić information content (AvgIpc) is 2.23. The largest absolute Gasteiger partial charge is 0.392 e. The summed E-state index contributed by atoms with van der Waals surface area (Å²) >= 11 is 0. The van der Waals surface area contributed by atoms with Gasteiger partial charge >= 0.3 is 0 Å². The number of aliphatic hydroxyl groups excluding tert-OH is 1. The zero-order chi connectivity index (χ0) is 11.0. The Balaban J connectivity index is 5.00. The Morgan fingerprint density at radius 3 is 1.93 bits per heavy atom. The highest BCUT2D eigenvalue weighted by molar-refractivity contribution is 5.35. The SMILES string of the molecule is CC/C=C(CC)/C(CC)=C(/CC)CO. The van der Waals surface area contributed by atoms with Gasteiger partial charge in [0.15, 0.2) is 0 Å². The van der Waals surface area contributed by atoms with Crippen molar-refractivity contribution in [1.29, 1.82) is 0 Å². The van der Waals surface area contributed by atoms with E-state index in [1.807, 2.05) is 0 Å². The summed E-state index contributed by atoms with van der Waals surface area (Å²) in [4.78, 5) is 0. The molecule has 0 aromatic heterocycles. The van der Waals surface area contributed by atoms with Crippen LogP contribution in [0.4, 0.5) is 0 Å². The lowest BCUT2D eigenvalue weighted by Gasteiger charge is -2.13. The molecule has 0 unspecified atom stereocenters. The Morgan fingerprint density at radius 1 is 1.00 bits per heavy atom. The van der Waals surface area contributed by atoms with Gasteiger partial charge in [-0.05, 0) is 42.4 Å². The van der Waals surface area contributed by atoms with E-state index < -0.39 is 0 Å². The van der Waals surface area contributed by atoms with Crippen LogP contribution in [-0.4, -0.2) is 11.7 Å². The highest BCUT2D eigenvalue weighted by Gasteiger charge is 2.06. The lowest BCUT2D eigenvalue weighted by atomic mass is 9.94. The number of rotatable bonds is 6. The summed E-state index contributed by atoms with van der Waals surface area (Å²) in [5, 5.41) is 9.26. The fourth-order valence-corrected chi connectivity index (χ4v) is 1.85. The van der Waals surface area contributed by atoms with Gasteiger partial charge in [0.2, 0.25) is 0 Å². The molecule has 1 heteroatoms. The first-order chi connectivity index (χ1) is 6.74. The molecule has 0 aliphatic heterocycles. The summed E-state index contributed by atoms with van der Waals surface area (Å²) < 4.78 is 0. The maximum atomic E-state index is 9.26. The van der Waals surface area contributed by atoms with Crippen LogP contribution >= 0.6 is 0 Å². The van der Waals surface area contributed by atoms with Gasteiger partial charge in [0.25, 0.3) is 0 Å². The zero-order valence-corrected chi connectivity index (χ0v) is 10.1. The number of aliphatic hydroxyl groups is 1. The Bertz CT molecular complexity index is 205. The van der Waals surface area contributed by atoms with E-state index in [0.29, 0.717) is 0 Å². The third-order valence-electron chi connectivity index (χ3n) is 2.62. The second-order valence-corrected chi connectivity index (χ2v) is 3.44. The van der Waals surface area contributed by atoms with Crippen molar-refractivity contribution in [3.05, 3.63) is 22.8 Å². The third-order valence-corrected chi connectivity index (χ3v) is 2.62. The van der Waals surface area contributed by atoms with Gasteiger partial charge in [-0.1, -0.05) is 33.8 Å². The van der Waals surface area contributed by atoms with E-state index >= 15 is 0 Å². The van der Waals surface area contributed by atoms with E-state index in [1.165, 1.54) is 16.7 Å². The molecule has 0 amide bonds. The highest BCUT2D eigenvalue weighted by Crippen LogP contribution is 2.23. The molecule has 0 rings (SSSR count). The van der Waals surface area contributed by atoms with E-state index in [2.05, 4.69) is 33.8 Å². The summed E-state index contributed by atoms with van der Waals surface area (Å²) in [6.45, 7) is 8.83. The van der Waals surface area contributed by atoms with Crippen molar-refractivity contribution in [2.24, 2.45) is 0 Å². The molecular weight excluding hydrogens is 172 g/mol. The lowest BCUT2D eigenvalue weighted by Crippen LogP contribution is -1.98. The number of hydrogen-bond donors (Lipinski definition) is 1. The first-order valence-electron chi connectivity index (χ1n) is 5.76. The van der Waals surface area contributed by atoms with Gasteiger partial charge in [-0.2, -0.15) is 0 Å². The lowest BCUT2D eigenvalue weighted by molar-refractivity contribution is 0.326. The van der Waals surface area contributed by atoms with Gasteiger partial charge in [-0.25, -0.2) is 0 Å². The predicted octanol–water partition coefficient (Wildman–Crippen LogP) is 3.84. The minimum atomic E-state index is 0.209. The van der Waals surface area contributed by atoms with Crippen LogP contribution in [-0.2, 0) is 0 Å². The average molecular weight is 196 g/mol. The molecule has 1 N–H and O–H groups in total. The summed E-state index contributed by atoms with van der Waals surface area (Å²) in [5.74, 6) is 0. The van der Waals surface area contributed by atoms with Crippen LogP contribution in [0.5, 0.6) is 0 Å². The second kappa shape index (κ2) is 7.81. The molecule has 1 nitrogen and oxygen atoms in total. The van der Waals surface area contributed by atoms with Crippen LogP contribution < -0.4 is 0 Å². The van der Waals surface area contributed by atoms with E-state index in [1.54, 1.807) is 0 Å². The number of hydrogen-bond acceptors (Lipinski definition) is 1. The molecule has 0 radical (unpaired) electrons. The minimum Gasteiger partial charge on any atom is -0.392 e. The fraction of sp³-hybridized carbons (Fsp3) is 0.692. The maximum absolute atomic E-state index is 9.26. The quantitative estimate of drug-likeness (QED) is 0.640. The molecule has 0 spiro atoms. The van der Waals surface area contributed by atoms with Gasteiger partial charge in [-0.15, -0.1) is 0 Å². The topological polar surface area (TPSA) is 20.2 Å². The van der Waals surface area contributed by atoms with E-state index in [4.69, 9.17) is 0 Å². The Hall–Kier alpha value is -0.560. The van der Waals surface area contributed by atoms with Gasteiger partial charge in [0, 0.05) is 0 Å². The highest BCUT2D eigenvalue weighted by atomic mass is 16.3. The maximum Gasteiger partial charge on any atom is 0.0647 e. The molecule has 0 aliphatic carbocycles. The Labute approximate surface area is 88.5 Å². The summed E-state index contributed by atoms with van der Waals surface area (Å²) in [5.41, 5.74) is 3.99. The van der Waals surface area contributed by atoms with Crippen LogP contribution in [0.3, 0.4) is 0 Å². The molecule has 0 aliphatic rings. The van der Waals surface area contributed by atoms with E-state index in [-0.39, 0.29) is 6.61 Å². The van der Waals surface area contributed by atoms with Gasteiger partial charge < -0.3 is 5.11 Å².